The molecule has 4 atom stereocenters. The van der Waals surface area contributed by atoms with Gasteiger partial charge in [-0.3, -0.25) is 4.90 Å². The predicted molar refractivity (Wildman–Crippen MR) is 159 cm³/mol. The van der Waals surface area contributed by atoms with Gasteiger partial charge >= 0.3 is 0 Å². The van der Waals surface area contributed by atoms with Gasteiger partial charge in [0, 0.05) is 34.1 Å². The van der Waals surface area contributed by atoms with Crippen molar-refractivity contribution in [1.29, 1.82) is 5.26 Å². The molecule has 2 saturated heterocycles. The molecule has 0 amide bonds. The first kappa shape index (κ1) is 26.6. The Kier molecular flexibility index (Phi) is 6.19. The average molecular weight is 587 g/mol. The third kappa shape index (κ3) is 3.76. The molecule has 3 aromatic rings. The van der Waals surface area contributed by atoms with E-state index in [0.717, 1.165) is 111 Å². The van der Waals surface area contributed by atoms with Crippen LogP contribution in [-0.2, 0) is 34.8 Å². The van der Waals surface area contributed by atoms with E-state index in [2.05, 4.69) is 24.9 Å². The van der Waals surface area contributed by atoms with Crippen molar-refractivity contribution in [2.75, 3.05) is 32.5 Å². The van der Waals surface area contributed by atoms with Crippen molar-refractivity contribution >= 4 is 16.3 Å². The molecule has 0 radical (unpaired) electrons. The largest absolute Gasteiger partial charge is 0.473 e. The fourth-order valence-electron chi connectivity index (χ4n) is 8.81. The summed E-state index contributed by atoms with van der Waals surface area (Å²) in [6, 6.07) is 2.79. The van der Waals surface area contributed by atoms with Crippen molar-refractivity contribution in [3.63, 3.8) is 0 Å². The fraction of sp³-hybridized carbons (Fsp3) is 0.625. The number of hydrogen-bond donors (Lipinski definition) is 1. The Labute approximate surface area is 250 Å². The maximum atomic E-state index is 10.1. The molecule has 2 fully saturated rings. The van der Waals surface area contributed by atoms with E-state index in [1.165, 1.54) is 11.3 Å². The molecule has 5 heterocycles. The van der Waals surface area contributed by atoms with Gasteiger partial charge < -0.3 is 19.7 Å². The number of nitrogens with zero attached hydrogens (tertiary/aromatic N) is 5. The predicted octanol–water partition coefficient (Wildman–Crippen LogP) is 5.07. The number of nitriles is 1. The fourth-order valence-corrected chi connectivity index (χ4v) is 9.97. The normalized spacial score (nSPS) is 29.0. The first-order chi connectivity index (χ1) is 20.4. The van der Waals surface area contributed by atoms with Gasteiger partial charge in [0.25, 0.3) is 0 Å². The van der Waals surface area contributed by atoms with Crippen LogP contribution in [0.1, 0.15) is 96.9 Å². The van der Waals surface area contributed by atoms with Crippen LogP contribution >= 0.6 is 11.3 Å². The Balaban J connectivity index is 1.25. The molecule has 10 heteroatoms. The SMILES string of the molecule is C[C@H](Oc1nc(-c2noc3c2CCC[C@@]32CCCc3sc(N)c(C#N)c32)nc2c1CCC21CCOC1)[C@@H]1CCCN1C. The van der Waals surface area contributed by atoms with Gasteiger partial charge in [-0.1, -0.05) is 5.16 Å². The molecule has 220 valence electrons. The van der Waals surface area contributed by atoms with Gasteiger partial charge in [-0.05, 0) is 96.7 Å². The second-order valence-electron chi connectivity index (χ2n) is 13.2. The highest BCUT2D eigenvalue weighted by molar-refractivity contribution is 7.16. The molecule has 3 aromatic heterocycles. The van der Waals surface area contributed by atoms with Crippen LogP contribution in [0.25, 0.3) is 11.5 Å². The molecule has 2 N–H and O–H groups in total. The summed E-state index contributed by atoms with van der Waals surface area (Å²) in [7, 11) is 2.19. The Bertz CT molecular complexity index is 1600. The average Bonchev–Trinajstić information content (AvgIpc) is 3.81. The molecule has 3 aliphatic carbocycles. The topological polar surface area (TPSA) is 123 Å². The van der Waals surface area contributed by atoms with Crippen LogP contribution in [0.2, 0.25) is 0 Å². The number of fused-ring (bicyclic) bond motifs is 6. The van der Waals surface area contributed by atoms with Crippen LogP contribution in [-0.4, -0.2) is 59.0 Å². The molecule has 0 saturated carbocycles. The summed E-state index contributed by atoms with van der Waals surface area (Å²) in [5, 5.41) is 15.4. The minimum Gasteiger partial charge on any atom is -0.473 e. The number of aryl methyl sites for hydroxylation is 1. The van der Waals surface area contributed by atoms with E-state index >= 15 is 0 Å². The zero-order chi connectivity index (χ0) is 28.6. The summed E-state index contributed by atoms with van der Waals surface area (Å²) in [5.74, 6) is 2.17. The van der Waals surface area contributed by atoms with Crippen molar-refractivity contribution in [2.45, 2.75) is 101 Å². The Hall–Kier alpha value is -3.00. The Morgan fingerprint density at radius 2 is 1.98 bits per heavy atom. The summed E-state index contributed by atoms with van der Waals surface area (Å²) in [5.41, 5.74) is 11.6. The van der Waals surface area contributed by atoms with E-state index in [1.54, 1.807) is 11.3 Å². The summed E-state index contributed by atoms with van der Waals surface area (Å²) in [4.78, 5) is 14.0. The number of likely N-dealkylation sites (tertiary alicyclic amines) is 1. The number of nitrogens with two attached hydrogens (primary N) is 1. The third-order valence-electron chi connectivity index (χ3n) is 10.9. The van der Waals surface area contributed by atoms with Crippen molar-refractivity contribution in [3.8, 4) is 23.5 Å². The minimum atomic E-state index is -0.371. The van der Waals surface area contributed by atoms with E-state index in [1.807, 2.05) is 0 Å². The molecule has 0 bridgehead atoms. The molecular formula is C32H38N6O3S. The second kappa shape index (κ2) is 9.76. The van der Waals surface area contributed by atoms with Crippen molar-refractivity contribution in [3.05, 3.63) is 38.6 Å². The lowest BCUT2D eigenvalue weighted by atomic mass is 9.63. The number of hydrogen-bond acceptors (Lipinski definition) is 10. The van der Waals surface area contributed by atoms with Gasteiger partial charge in [0.15, 0.2) is 17.3 Å². The maximum absolute atomic E-state index is 10.1. The Morgan fingerprint density at radius 1 is 1.12 bits per heavy atom. The number of likely N-dealkylation sites (N-methyl/N-ethyl adjacent to an activating group) is 1. The number of aromatic nitrogens is 3. The van der Waals surface area contributed by atoms with E-state index < -0.39 is 0 Å². The number of anilines is 1. The van der Waals surface area contributed by atoms with Gasteiger partial charge in [-0.15, -0.1) is 11.3 Å². The van der Waals surface area contributed by atoms with Gasteiger partial charge in [-0.25, -0.2) is 4.98 Å². The first-order valence-corrected chi connectivity index (χ1v) is 16.4. The highest BCUT2D eigenvalue weighted by Crippen LogP contribution is 2.55. The summed E-state index contributed by atoms with van der Waals surface area (Å²) < 4.78 is 19.0. The third-order valence-corrected chi connectivity index (χ3v) is 12.0. The molecule has 8 rings (SSSR count). The van der Waals surface area contributed by atoms with E-state index in [0.29, 0.717) is 34.9 Å². The highest BCUT2D eigenvalue weighted by Gasteiger charge is 2.50. The van der Waals surface area contributed by atoms with Gasteiger partial charge in [0.05, 0.1) is 23.3 Å². The van der Waals surface area contributed by atoms with Crippen molar-refractivity contribution in [1.82, 2.24) is 20.0 Å². The number of ether oxygens (including phenoxy) is 2. The van der Waals surface area contributed by atoms with Crippen LogP contribution in [0, 0.1) is 11.3 Å². The zero-order valence-electron chi connectivity index (χ0n) is 24.5. The highest BCUT2D eigenvalue weighted by atomic mass is 32.1. The summed E-state index contributed by atoms with van der Waals surface area (Å²) >= 11 is 1.57. The van der Waals surface area contributed by atoms with E-state index in [9.17, 15) is 5.26 Å². The van der Waals surface area contributed by atoms with Crippen LogP contribution in [0.5, 0.6) is 5.88 Å². The van der Waals surface area contributed by atoms with Crippen LogP contribution in [0.3, 0.4) is 0 Å². The van der Waals surface area contributed by atoms with Crippen LogP contribution in [0.4, 0.5) is 5.00 Å². The molecule has 2 aliphatic heterocycles. The van der Waals surface area contributed by atoms with Gasteiger partial charge in [0.2, 0.25) is 5.88 Å². The Morgan fingerprint density at radius 3 is 2.74 bits per heavy atom. The monoisotopic (exact) mass is 586 g/mol. The molecule has 2 spiro atoms. The summed E-state index contributed by atoms with van der Waals surface area (Å²) in [6.45, 7) is 4.72. The molecule has 5 aliphatic rings. The number of thiophene rings is 1. The van der Waals surface area contributed by atoms with Crippen LogP contribution < -0.4 is 10.5 Å². The number of rotatable bonds is 4. The lowest BCUT2D eigenvalue weighted by Crippen LogP contribution is -2.38. The first-order valence-electron chi connectivity index (χ1n) is 15.6. The number of nitrogen functional groups attached to an aromatic ring is 1. The smallest absolute Gasteiger partial charge is 0.220 e. The van der Waals surface area contributed by atoms with E-state index in [-0.39, 0.29) is 16.9 Å². The van der Waals surface area contributed by atoms with E-state index in [4.69, 9.17) is 34.9 Å². The maximum Gasteiger partial charge on any atom is 0.220 e. The molecular weight excluding hydrogens is 548 g/mol. The summed E-state index contributed by atoms with van der Waals surface area (Å²) in [6.07, 6.45) is 10.9. The molecule has 1 unspecified atom stereocenters. The molecule has 0 aromatic carbocycles. The lowest BCUT2D eigenvalue weighted by molar-refractivity contribution is 0.116. The zero-order valence-corrected chi connectivity index (χ0v) is 25.3. The second-order valence-corrected chi connectivity index (χ2v) is 14.3. The van der Waals surface area contributed by atoms with Crippen LogP contribution in [0.15, 0.2) is 4.52 Å². The quantitative estimate of drug-likeness (QED) is 0.446. The standard InChI is InChI=1S/C32H38N6O3S/c1-18(22-7-5-14-38(22)2)40-30-20-9-12-31(13-15-39-17-31)26(20)35-29(36-30)25-19-6-3-10-32(27(19)41-37-25)11-4-8-23-24(32)21(16-33)28(34)42-23/h18,22H,3-15,17,34H2,1-2H3/t18-,22-,31?,32-/m0/s1. The van der Waals surface area contributed by atoms with Crippen molar-refractivity contribution in [2.24, 2.45) is 0 Å². The van der Waals surface area contributed by atoms with Gasteiger partial charge in [0.1, 0.15) is 17.2 Å². The van der Waals surface area contributed by atoms with Crippen molar-refractivity contribution < 1.29 is 14.0 Å². The molecule has 42 heavy (non-hydrogen) atoms. The minimum absolute atomic E-state index is 0.0179. The van der Waals surface area contributed by atoms with Gasteiger partial charge in [-0.2, -0.15) is 10.2 Å². The lowest BCUT2D eigenvalue weighted by Gasteiger charge is -2.39. The molecule has 9 nitrogen and oxygen atoms in total.